The number of nitrogens with zero attached hydrogens (tertiary/aromatic N) is 4. The van der Waals surface area contributed by atoms with Gasteiger partial charge in [-0.2, -0.15) is 52.7 Å². The van der Waals surface area contributed by atoms with Gasteiger partial charge < -0.3 is 29.1 Å². The molecule has 2 amide bonds. The highest BCUT2D eigenvalue weighted by Crippen LogP contribution is 2.37. The minimum Gasteiger partial charge on any atom is -0.480 e. The molecule has 2 aromatic rings. The van der Waals surface area contributed by atoms with E-state index in [2.05, 4.69) is 52.8 Å². The highest BCUT2D eigenvalue weighted by Gasteiger charge is 2.61. The zero-order valence-electron chi connectivity index (χ0n) is 41.0. The Morgan fingerprint density at radius 1 is 0.581 bits per heavy atom. The van der Waals surface area contributed by atoms with Gasteiger partial charge in [0.25, 0.3) is 12.2 Å². The summed E-state index contributed by atoms with van der Waals surface area (Å²) in [6, 6.07) is 9.19. The molecule has 2 heterocycles. The van der Waals surface area contributed by atoms with Crippen LogP contribution in [0.25, 0.3) is 0 Å². The van der Waals surface area contributed by atoms with Crippen molar-refractivity contribution in [2.24, 2.45) is 10.8 Å². The Labute approximate surface area is 418 Å². The first kappa shape index (κ1) is 62.5. The fraction of sp³-hybridized carbons (Fsp3) is 0.574. The number of carbonyl (C=O) groups is 4. The third kappa shape index (κ3) is 19.2. The summed E-state index contributed by atoms with van der Waals surface area (Å²) >= 11 is 0. The van der Waals surface area contributed by atoms with Crippen molar-refractivity contribution in [3.63, 3.8) is 0 Å². The van der Waals surface area contributed by atoms with Gasteiger partial charge in [-0.1, -0.05) is 67.6 Å². The van der Waals surface area contributed by atoms with Crippen molar-refractivity contribution in [3.05, 3.63) is 70.3 Å². The Morgan fingerprint density at radius 3 is 1.23 bits per heavy atom. The van der Waals surface area contributed by atoms with E-state index < -0.39 is 91.6 Å². The van der Waals surface area contributed by atoms with Gasteiger partial charge in [0, 0.05) is 73.5 Å². The van der Waals surface area contributed by atoms with Crippen molar-refractivity contribution < 1.29 is 100.0 Å². The molecule has 0 aromatic heterocycles. The van der Waals surface area contributed by atoms with Gasteiger partial charge in [0.15, 0.2) is 0 Å². The van der Waals surface area contributed by atoms with Crippen molar-refractivity contribution in [2.45, 2.75) is 103 Å². The van der Waals surface area contributed by atoms with E-state index in [1.165, 1.54) is 32.0 Å². The average Bonchev–Trinajstić information content (AvgIpc) is 3.25. The molecular weight excluding hydrogens is 1040 g/mol. The lowest BCUT2D eigenvalue weighted by molar-refractivity contribution is -0.309. The van der Waals surface area contributed by atoms with Gasteiger partial charge in [0.2, 0.25) is 0 Å². The van der Waals surface area contributed by atoms with Gasteiger partial charge in [0.1, 0.15) is 22.5 Å². The van der Waals surface area contributed by atoms with Crippen LogP contribution in [0.1, 0.15) is 49.9 Å². The van der Waals surface area contributed by atoms with Crippen LogP contribution >= 0.6 is 0 Å². The summed E-state index contributed by atoms with van der Waals surface area (Å²) in [6.45, 7) is 12.2. The number of esters is 1. The molecule has 0 bridgehead atoms. The van der Waals surface area contributed by atoms with Crippen LogP contribution in [0.5, 0.6) is 0 Å². The van der Waals surface area contributed by atoms with Crippen molar-refractivity contribution in [3.8, 4) is 23.7 Å². The van der Waals surface area contributed by atoms with E-state index in [9.17, 15) is 80.6 Å². The van der Waals surface area contributed by atoms with Crippen LogP contribution in [0.15, 0.2) is 36.4 Å². The van der Waals surface area contributed by atoms with E-state index in [-0.39, 0.29) is 83.2 Å². The number of hydrogen-bond donors (Lipinski definition) is 1. The quantitative estimate of drug-likeness (QED) is 0.0764. The molecule has 2 aromatic carbocycles. The largest absolute Gasteiger partial charge is 0.480 e. The highest BCUT2D eigenvalue weighted by atomic mass is 28.3. The molecule has 0 radical (unpaired) electrons. The molecule has 27 heteroatoms. The predicted molar refractivity (Wildman–Crippen MR) is 239 cm³/mol. The second-order valence-corrected chi connectivity index (χ2v) is 24.9. The van der Waals surface area contributed by atoms with Crippen LogP contribution in [0.2, 0.25) is 25.7 Å². The number of halogens is 14. The number of alkyl halides is 12. The summed E-state index contributed by atoms with van der Waals surface area (Å²) in [5, 5.41) is 9.16. The molecule has 0 unspecified atom stereocenters. The smallest absolute Gasteiger partial charge is 0.434 e. The standard InChI is InChI=1S/C26H33F7N2O4Si.C21H21F7N2O4/c1-24(2,22(36)38-15-16-40(3,4)5)10-9-19-18(7-6-8-20(19)27)17-34-11-13-35(14-12-34)23(37)39-21(25(28,29)30)26(31,32)33;1-19(2,17(31)32)7-6-14-13(4-3-5-15(14)22)12-29-8-10-30(11-9-29)18(33)34-16(20(23,24)25)21(26,27)28/h6-8,21H,11-17H2,1-5H3;3-5,16H,8-12H2,1-2H3,(H,31,32). The van der Waals surface area contributed by atoms with E-state index in [0.29, 0.717) is 11.1 Å². The number of ether oxygens (including phenoxy) is 3. The van der Waals surface area contributed by atoms with Crippen LogP contribution in [0.3, 0.4) is 0 Å². The Hall–Kier alpha value is -5.80. The van der Waals surface area contributed by atoms with E-state index >= 15 is 0 Å². The molecule has 1 N–H and O–H groups in total. The van der Waals surface area contributed by atoms with E-state index in [0.717, 1.165) is 21.9 Å². The third-order valence-corrected chi connectivity index (χ3v) is 12.7. The van der Waals surface area contributed by atoms with Gasteiger partial charge in [-0.15, -0.1) is 0 Å². The third-order valence-electron chi connectivity index (χ3n) is 11.0. The number of amides is 2. The minimum absolute atomic E-state index is 0.0307. The first-order valence-corrected chi connectivity index (χ1v) is 26.1. The van der Waals surface area contributed by atoms with Crippen molar-refractivity contribution in [1.82, 2.24) is 19.6 Å². The molecule has 2 aliphatic rings. The predicted octanol–water partition coefficient (Wildman–Crippen LogP) is 9.87. The lowest BCUT2D eigenvalue weighted by atomic mass is 9.93. The number of carbonyl (C=O) groups excluding carboxylic acids is 3. The Bertz CT molecular complexity index is 2390. The highest BCUT2D eigenvalue weighted by molar-refractivity contribution is 6.76. The van der Waals surface area contributed by atoms with Gasteiger partial charge in [-0.05, 0) is 57.0 Å². The molecule has 0 spiro atoms. The summed E-state index contributed by atoms with van der Waals surface area (Å²) in [5.41, 5.74) is -1.77. The first-order valence-electron chi connectivity index (χ1n) is 22.4. The zero-order valence-corrected chi connectivity index (χ0v) is 42.0. The maximum atomic E-state index is 14.7. The van der Waals surface area contributed by atoms with Crippen LogP contribution < -0.4 is 0 Å². The second-order valence-electron chi connectivity index (χ2n) is 19.3. The van der Waals surface area contributed by atoms with E-state index in [4.69, 9.17) is 9.84 Å². The molecule has 2 fully saturated rings. The van der Waals surface area contributed by atoms with Crippen molar-refractivity contribution >= 4 is 32.2 Å². The lowest BCUT2D eigenvalue weighted by Crippen LogP contribution is -2.52. The number of carboxylic acids is 1. The van der Waals surface area contributed by atoms with Crippen molar-refractivity contribution in [1.29, 1.82) is 0 Å². The SMILES string of the molecule is CC(C)(C#Cc1c(F)cccc1CN1CCN(C(=O)OC(C(F)(F)F)C(F)(F)F)CC1)C(=O)O.CC(C)(C#Cc1c(F)cccc1CN1CCN(C(=O)OC(C(F)(F)F)C(F)(F)F)CC1)C(=O)OCC[Si](C)(C)C. The number of benzene rings is 2. The van der Waals surface area contributed by atoms with Gasteiger partial charge in [0.05, 0.1) is 17.7 Å². The van der Waals surface area contributed by atoms with Crippen LogP contribution in [0, 0.1) is 46.1 Å². The normalized spacial score (nSPS) is 15.6. The Morgan fingerprint density at radius 2 is 0.919 bits per heavy atom. The molecule has 2 aliphatic heterocycles. The minimum atomic E-state index is -5.81. The summed E-state index contributed by atoms with van der Waals surface area (Å²) < 4.78 is 194. The van der Waals surface area contributed by atoms with Gasteiger partial charge in [-0.3, -0.25) is 19.4 Å². The molecule has 4 rings (SSSR count). The molecule has 0 saturated carbocycles. The van der Waals surface area contributed by atoms with Gasteiger partial charge in [-0.25, -0.2) is 18.4 Å². The molecule has 0 aliphatic carbocycles. The summed E-state index contributed by atoms with van der Waals surface area (Å²) in [5.74, 6) is 7.52. The molecule has 12 nitrogen and oxygen atoms in total. The number of rotatable bonds is 11. The summed E-state index contributed by atoms with van der Waals surface area (Å²) in [7, 11) is -1.41. The fourth-order valence-electron chi connectivity index (χ4n) is 6.50. The monoisotopic (exact) mass is 1100 g/mol. The number of carboxylic acid groups (broad SMARTS) is 1. The number of piperazine rings is 2. The van der Waals surface area contributed by atoms with Gasteiger partial charge >= 0.3 is 48.8 Å². The average molecular weight is 1100 g/mol. The summed E-state index contributed by atoms with van der Waals surface area (Å²) in [6.07, 6.45) is -35.1. The topological polar surface area (TPSA) is 129 Å². The maximum absolute atomic E-state index is 14.7. The lowest BCUT2D eigenvalue weighted by Gasteiger charge is -2.35. The van der Waals surface area contributed by atoms with Crippen LogP contribution in [0.4, 0.5) is 71.1 Å². The van der Waals surface area contributed by atoms with E-state index in [1.54, 1.807) is 35.8 Å². The molecular formula is C47H54F14N4O8Si. The molecule has 74 heavy (non-hydrogen) atoms. The molecule has 2 saturated heterocycles. The first-order chi connectivity index (χ1) is 33.7. The van der Waals surface area contributed by atoms with E-state index in [1.807, 2.05) is 0 Å². The molecule has 412 valence electrons. The fourth-order valence-corrected chi connectivity index (χ4v) is 7.22. The summed E-state index contributed by atoms with van der Waals surface area (Å²) in [4.78, 5) is 52.5. The Balaban J connectivity index is 0.000000395. The van der Waals surface area contributed by atoms with Crippen LogP contribution in [-0.4, -0.2) is 153 Å². The van der Waals surface area contributed by atoms with Crippen LogP contribution in [-0.2, 0) is 36.9 Å². The van der Waals surface area contributed by atoms with Crippen molar-refractivity contribution in [2.75, 3.05) is 59.0 Å². The number of aliphatic carboxylic acids is 1. The zero-order chi connectivity index (χ0) is 56.4. The second kappa shape index (κ2) is 24.7. The number of hydrogen-bond acceptors (Lipinski definition) is 9. The molecule has 0 atom stereocenters. The maximum Gasteiger partial charge on any atom is 0.434 e. The Kier molecular flexibility index (Phi) is 20.9.